The number of aromatic nitrogens is 1. The van der Waals surface area contributed by atoms with E-state index in [1.807, 2.05) is 12.1 Å². The Morgan fingerprint density at radius 2 is 2.19 bits per heavy atom. The monoisotopic (exact) mass is 291 g/mol. The van der Waals surface area contributed by atoms with Crippen molar-refractivity contribution in [3.63, 3.8) is 0 Å². The molecule has 1 atom stereocenters. The van der Waals surface area contributed by atoms with Crippen molar-refractivity contribution in [1.82, 2.24) is 15.6 Å². The molecule has 0 radical (unpaired) electrons. The van der Waals surface area contributed by atoms with Gasteiger partial charge in [-0.25, -0.2) is 4.98 Å². The molecule has 0 spiro atoms. The zero-order valence-corrected chi connectivity index (χ0v) is 12.3. The van der Waals surface area contributed by atoms with Gasteiger partial charge in [0, 0.05) is 19.6 Å². The summed E-state index contributed by atoms with van der Waals surface area (Å²) in [4.78, 5) is 29.6. The number of piperazine rings is 1. The number of hydrogen-bond donors (Lipinski definition) is 3. The Bertz CT molecular complexity index is 489. The van der Waals surface area contributed by atoms with Crippen molar-refractivity contribution in [3.05, 3.63) is 18.3 Å². The third-order valence-electron chi connectivity index (χ3n) is 3.43. The molecular formula is C14H21N5O2. The fraction of sp³-hybridized carbons (Fsp3) is 0.500. The first-order valence-corrected chi connectivity index (χ1v) is 7.16. The molecule has 1 aromatic heterocycles. The molecule has 3 N–H and O–H groups in total. The van der Waals surface area contributed by atoms with E-state index in [1.54, 1.807) is 6.20 Å². The predicted molar refractivity (Wildman–Crippen MR) is 81.2 cm³/mol. The van der Waals surface area contributed by atoms with Gasteiger partial charge in [0.2, 0.25) is 11.8 Å². The highest BCUT2D eigenvalue weighted by molar-refractivity contribution is 5.96. The predicted octanol–water partition coefficient (Wildman–Crippen LogP) is -0.0457. The summed E-state index contributed by atoms with van der Waals surface area (Å²) in [5, 5.41) is 8.33. The van der Waals surface area contributed by atoms with Gasteiger partial charge in [-0.1, -0.05) is 0 Å². The number of rotatable bonds is 5. The van der Waals surface area contributed by atoms with Crippen LogP contribution in [-0.4, -0.2) is 49.0 Å². The van der Waals surface area contributed by atoms with E-state index >= 15 is 0 Å². The number of hydrogen-bond acceptors (Lipinski definition) is 5. The second kappa shape index (κ2) is 7.03. The van der Waals surface area contributed by atoms with Crippen LogP contribution in [0.2, 0.25) is 0 Å². The molecular weight excluding hydrogens is 270 g/mol. The number of amides is 2. The molecule has 1 saturated heterocycles. The molecule has 1 fully saturated rings. The highest BCUT2D eigenvalue weighted by Crippen LogP contribution is 2.14. The van der Waals surface area contributed by atoms with E-state index in [-0.39, 0.29) is 18.4 Å². The molecule has 2 amide bonds. The van der Waals surface area contributed by atoms with Gasteiger partial charge in [-0.3, -0.25) is 14.9 Å². The second-order valence-corrected chi connectivity index (χ2v) is 4.80. The van der Waals surface area contributed by atoms with Crippen LogP contribution in [0.3, 0.4) is 0 Å². The minimum atomic E-state index is -0.412. The Morgan fingerprint density at radius 1 is 1.43 bits per heavy atom. The summed E-state index contributed by atoms with van der Waals surface area (Å²) in [6, 6.07) is 3.31. The molecule has 114 valence electrons. The average molecular weight is 291 g/mol. The number of pyridine rings is 1. The van der Waals surface area contributed by atoms with E-state index < -0.39 is 6.04 Å². The molecule has 0 bridgehead atoms. The maximum absolute atomic E-state index is 12.0. The molecule has 7 nitrogen and oxygen atoms in total. The largest absolute Gasteiger partial charge is 0.357 e. The van der Waals surface area contributed by atoms with Crippen molar-refractivity contribution in [2.75, 3.05) is 36.4 Å². The van der Waals surface area contributed by atoms with Gasteiger partial charge in [-0.05, 0) is 26.0 Å². The fourth-order valence-corrected chi connectivity index (χ4v) is 2.18. The third-order valence-corrected chi connectivity index (χ3v) is 3.43. The van der Waals surface area contributed by atoms with E-state index in [1.165, 1.54) is 0 Å². The van der Waals surface area contributed by atoms with Crippen molar-refractivity contribution in [1.29, 1.82) is 0 Å². The van der Waals surface area contributed by atoms with E-state index in [0.29, 0.717) is 12.2 Å². The fourth-order valence-electron chi connectivity index (χ4n) is 2.18. The van der Waals surface area contributed by atoms with Crippen molar-refractivity contribution >= 4 is 23.3 Å². The molecule has 21 heavy (non-hydrogen) atoms. The number of anilines is 2. The summed E-state index contributed by atoms with van der Waals surface area (Å²) in [7, 11) is 0. The van der Waals surface area contributed by atoms with Gasteiger partial charge < -0.3 is 15.5 Å². The lowest BCUT2D eigenvalue weighted by Crippen LogP contribution is -2.56. The van der Waals surface area contributed by atoms with Crippen LogP contribution >= 0.6 is 0 Å². The number of nitrogens with one attached hydrogen (secondary N) is 3. The quantitative estimate of drug-likeness (QED) is 0.708. The molecule has 0 aromatic carbocycles. The number of carbonyl (C=O) groups excluding carboxylic acids is 2. The summed E-state index contributed by atoms with van der Waals surface area (Å²) in [6.45, 7) is 6.39. The van der Waals surface area contributed by atoms with Crippen LogP contribution < -0.4 is 20.9 Å². The molecule has 2 heterocycles. The summed E-state index contributed by atoms with van der Waals surface area (Å²) in [6.07, 6.45) is 1.65. The normalized spacial score (nSPS) is 18.0. The summed E-state index contributed by atoms with van der Waals surface area (Å²) in [5.74, 6) is 0.623. The molecule has 0 saturated carbocycles. The van der Waals surface area contributed by atoms with Gasteiger partial charge in [0.05, 0.1) is 18.4 Å². The van der Waals surface area contributed by atoms with Crippen LogP contribution in [0.5, 0.6) is 0 Å². The smallest absolute Gasteiger partial charge is 0.243 e. The first kappa shape index (κ1) is 15.2. The number of nitrogens with zero attached hydrogens (tertiary/aromatic N) is 2. The first-order chi connectivity index (χ1) is 10.1. The topological polar surface area (TPSA) is 86.4 Å². The Labute approximate surface area is 124 Å². The van der Waals surface area contributed by atoms with Crippen LogP contribution in [0.15, 0.2) is 18.3 Å². The Morgan fingerprint density at radius 3 is 2.71 bits per heavy atom. The number of carbonyl (C=O) groups is 2. The van der Waals surface area contributed by atoms with E-state index in [4.69, 9.17) is 0 Å². The van der Waals surface area contributed by atoms with E-state index in [2.05, 4.69) is 39.7 Å². The molecule has 1 aromatic rings. The van der Waals surface area contributed by atoms with Crippen molar-refractivity contribution in [2.24, 2.45) is 0 Å². The van der Waals surface area contributed by atoms with Crippen molar-refractivity contribution < 1.29 is 9.59 Å². The lowest BCUT2D eigenvalue weighted by Gasteiger charge is -2.23. The third kappa shape index (κ3) is 3.91. The van der Waals surface area contributed by atoms with Crippen LogP contribution in [0.1, 0.15) is 13.8 Å². The lowest BCUT2D eigenvalue weighted by atomic mass is 10.2. The van der Waals surface area contributed by atoms with Gasteiger partial charge in [0.1, 0.15) is 11.9 Å². The summed E-state index contributed by atoms with van der Waals surface area (Å²) in [5.41, 5.74) is 0.648. The maximum Gasteiger partial charge on any atom is 0.243 e. The molecule has 2 rings (SSSR count). The van der Waals surface area contributed by atoms with Gasteiger partial charge in [-0.2, -0.15) is 0 Å². The maximum atomic E-state index is 12.0. The molecule has 1 unspecified atom stereocenters. The summed E-state index contributed by atoms with van der Waals surface area (Å²) >= 11 is 0. The highest BCUT2D eigenvalue weighted by atomic mass is 16.2. The highest BCUT2D eigenvalue weighted by Gasteiger charge is 2.23. The van der Waals surface area contributed by atoms with Crippen LogP contribution in [0.25, 0.3) is 0 Å². The Balaban J connectivity index is 1.93. The lowest BCUT2D eigenvalue weighted by molar-refractivity contribution is -0.124. The van der Waals surface area contributed by atoms with Gasteiger partial charge in [0.15, 0.2) is 0 Å². The molecule has 7 heteroatoms. The SMILES string of the molecule is CCN(CC)c1ccc(NC(=O)C2CNC(=O)CN2)cn1. The van der Waals surface area contributed by atoms with Crippen LogP contribution in [0.4, 0.5) is 11.5 Å². The standard InChI is InChI=1S/C14H21N5O2/c1-3-19(4-2)12-6-5-10(7-16-12)18-14(21)11-8-17-13(20)9-15-11/h5-7,11,15H,3-4,8-9H2,1-2H3,(H,17,20)(H,18,21). The van der Waals surface area contributed by atoms with E-state index in [9.17, 15) is 9.59 Å². The zero-order chi connectivity index (χ0) is 15.2. The molecule has 1 aliphatic rings. The second-order valence-electron chi connectivity index (χ2n) is 4.80. The van der Waals surface area contributed by atoms with Crippen molar-refractivity contribution in [2.45, 2.75) is 19.9 Å². The minimum absolute atomic E-state index is 0.0932. The van der Waals surface area contributed by atoms with Crippen molar-refractivity contribution in [3.8, 4) is 0 Å². The zero-order valence-electron chi connectivity index (χ0n) is 12.3. The van der Waals surface area contributed by atoms with Gasteiger partial charge in [-0.15, -0.1) is 0 Å². The van der Waals surface area contributed by atoms with Crippen LogP contribution in [-0.2, 0) is 9.59 Å². The average Bonchev–Trinajstić information content (AvgIpc) is 2.51. The molecule has 0 aliphatic carbocycles. The minimum Gasteiger partial charge on any atom is -0.357 e. The molecule has 1 aliphatic heterocycles. The summed E-state index contributed by atoms with van der Waals surface area (Å²) < 4.78 is 0. The van der Waals surface area contributed by atoms with Crippen LogP contribution in [0, 0.1) is 0 Å². The van der Waals surface area contributed by atoms with Gasteiger partial charge in [0.25, 0.3) is 0 Å². The Hall–Kier alpha value is -2.15. The van der Waals surface area contributed by atoms with E-state index in [0.717, 1.165) is 18.9 Å². The Kier molecular flexibility index (Phi) is 5.10. The van der Waals surface area contributed by atoms with Gasteiger partial charge >= 0.3 is 0 Å². The first-order valence-electron chi connectivity index (χ1n) is 7.16.